The van der Waals surface area contributed by atoms with E-state index in [9.17, 15) is 5.11 Å². The van der Waals surface area contributed by atoms with E-state index in [1.165, 1.54) is 96.3 Å². The van der Waals surface area contributed by atoms with Crippen LogP contribution in [0.1, 0.15) is 131 Å². The Bertz CT molecular complexity index is 518. The zero-order valence-electron chi connectivity index (χ0n) is 15.9. The molecule has 0 bridgehead atoms. The fourth-order valence-electron chi connectivity index (χ4n) is 6.05. The van der Waals surface area contributed by atoms with Crippen molar-refractivity contribution in [1.82, 2.24) is 0 Å². The smallest absolute Gasteiger partial charge is 0.116 e. The molecule has 1 heteroatoms. The average Bonchev–Trinajstić information content (AvgIpc) is 2.69. The molecular weight excluding hydrogens is 304 g/mol. The maximum atomic E-state index is 10.6. The zero-order valence-corrected chi connectivity index (χ0v) is 15.9. The maximum Gasteiger partial charge on any atom is 0.116 e. The molecule has 0 unspecified atom stereocenters. The van der Waals surface area contributed by atoms with Crippen LogP contribution in [0.3, 0.4) is 0 Å². The molecular formula is C24H36O. The van der Waals surface area contributed by atoms with E-state index >= 15 is 0 Å². The molecule has 1 aromatic rings. The molecule has 138 valence electrons. The van der Waals surface area contributed by atoms with Gasteiger partial charge in [0.05, 0.1) is 0 Å². The van der Waals surface area contributed by atoms with Crippen molar-refractivity contribution in [2.75, 3.05) is 0 Å². The number of phenols is 1. The normalized spacial score (nSPS) is 24.5. The van der Waals surface area contributed by atoms with Crippen molar-refractivity contribution in [2.45, 2.75) is 114 Å². The first-order valence-electron chi connectivity index (χ1n) is 11.2. The number of hydrogen-bond acceptors (Lipinski definition) is 1. The summed E-state index contributed by atoms with van der Waals surface area (Å²) in [4.78, 5) is 0. The van der Waals surface area contributed by atoms with E-state index in [0.717, 1.165) is 5.92 Å². The topological polar surface area (TPSA) is 20.2 Å². The molecule has 3 aliphatic rings. The van der Waals surface area contributed by atoms with Crippen LogP contribution in [0.4, 0.5) is 0 Å². The van der Waals surface area contributed by atoms with Crippen molar-refractivity contribution >= 4 is 0 Å². The van der Waals surface area contributed by atoms with Gasteiger partial charge >= 0.3 is 0 Å². The monoisotopic (exact) mass is 340 g/mol. The van der Waals surface area contributed by atoms with Gasteiger partial charge in [-0.3, -0.25) is 0 Å². The van der Waals surface area contributed by atoms with Crippen LogP contribution in [-0.2, 0) is 0 Å². The van der Waals surface area contributed by atoms with Gasteiger partial charge in [-0.05, 0) is 85.1 Å². The van der Waals surface area contributed by atoms with Gasteiger partial charge < -0.3 is 5.11 Å². The van der Waals surface area contributed by atoms with E-state index in [4.69, 9.17) is 0 Å². The molecule has 1 aromatic carbocycles. The minimum Gasteiger partial charge on any atom is -0.508 e. The standard InChI is InChI=1S/C24H36O/c25-21-16-22(18-10-4-1-5-11-18)24(20-14-8-3-9-15-20)23(17-21)19-12-6-2-7-13-19/h16-20,25H,1-15H2. The van der Waals surface area contributed by atoms with Crippen LogP contribution in [0.2, 0.25) is 0 Å². The molecule has 0 atom stereocenters. The minimum atomic E-state index is 0.542. The number of benzene rings is 1. The van der Waals surface area contributed by atoms with Crippen LogP contribution >= 0.6 is 0 Å². The van der Waals surface area contributed by atoms with Crippen molar-refractivity contribution in [1.29, 1.82) is 0 Å². The quantitative estimate of drug-likeness (QED) is 0.602. The van der Waals surface area contributed by atoms with Crippen LogP contribution in [0, 0.1) is 0 Å². The highest BCUT2D eigenvalue weighted by molar-refractivity contribution is 5.47. The van der Waals surface area contributed by atoms with E-state index in [2.05, 4.69) is 12.1 Å². The molecule has 0 spiro atoms. The second kappa shape index (κ2) is 8.14. The second-order valence-corrected chi connectivity index (χ2v) is 9.04. The van der Waals surface area contributed by atoms with Gasteiger partial charge in [0.25, 0.3) is 0 Å². The predicted molar refractivity (Wildman–Crippen MR) is 106 cm³/mol. The van der Waals surface area contributed by atoms with Gasteiger partial charge in [-0.15, -0.1) is 0 Å². The first kappa shape index (κ1) is 17.4. The molecule has 3 aliphatic carbocycles. The van der Waals surface area contributed by atoms with Gasteiger partial charge in [0.2, 0.25) is 0 Å². The highest BCUT2D eigenvalue weighted by Crippen LogP contribution is 2.47. The lowest BCUT2D eigenvalue weighted by atomic mass is 9.71. The fraction of sp³-hybridized carbons (Fsp3) is 0.750. The van der Waals surface area contributed by atoms with E-state index < -0.39 is 0 Å². The first-order chi connectivity index (χ1) is 12.3. The molecule has 3 saturated carbocycles. The van der Waals surface area contributed by atoms with Crippen molar-refractivity contribution in [3.63, 3.8) is 0 Å². The van der Waals surface area contributed by atoms with Gasteiger partial charge in [-0.2, -0.15) is 0 Å². The Labute approximate surface area is 154 Å². The Morgan fingerprint density at radius 2 is 0.880 bits per heavy atom. The SMILES string of the molecule is Oc1cc(C2CCCCC2)c(C2CCCCC2)c(C2CCCCC2)c1. The van der Waals surface area contributed by atoms with Crippen LogP contribution in [0.15, 0.2) is 12.1 Å². The number of rotatable bonds is 3. The average molecular weight is 341 g/mol. The Balaban J connectivity index is 1.76. The van der Waals surface area contributed by atoms with Gasteiger partial charge in [-0.1, -0.05) is 57.8 Å². The number of aromatic hydroxyl groups is 1. The largest absolute Gasteiger partial charge is 0.508 e. The molecule has 25 heavy (non-hydrogen) atoms. The summed E-state index contributed by atoms with van der Waals surface area (Å²) >= 11 is 0. The van der Waals surface area contributed by atoms with Gasteiger partial charge in [0.15, 0.2) is 0 Å². The lowest BCUT2D eigenvalue weighted by Gasteiger charge is -2.34. The summed E-state index contributed by atoms with van der Waals surface area (Å²) in [6.45, 7) is 0. The van der Waals surface area contributed by atoms with E-state index in [1.54, 1.807) is 16.7 Å². The molecule has 1 N–H and O–H groups in total. The van der Waals surface area contributed by atoms with Crippen molar-refractivity contribution < 1.29 is 5.11 Å². The first-order valence-corrected chi connectivity index (χ1v) is 11.2. The van der Waals surface area contributed by atoms with E-state index in [0.29, 0.717) is 17.6 Å². The fourth-order valence-corrected chi connectivity index (χ4v) is 6.05. The maximum absolute atomic E-state index is 10.6. The lowest BCUT2D eigenvalue weighted by Crippen LogP contribution is -2.17. The molecule has 4 rings (SSSR count). The lowest BCUT2D eigenvalue weighted by molar-refractivity contribution is 0.399. The summed E-state index contributed by atoms with van der Waals surface area (Å²) in [6.07, 6.45) is 20.7. The van der Waals surface area contributed by atoms with Crippen molar-refractivity contribution in [3.8, 4) is 5.75 Å². The molecule has 0 heterocycles. The van der Waals surface area contributed by atoms with Crippen LogP contribution in [-0.4, -0.2) is 5.11 Å². The minimum absolute atomic E-state index is 0.542. The van der Waals surface area contributed by atoms with Gasteiger partial charge in [0, 0.05) is 0 Å². The van der Waals surface area contributed by atoms with Crippen LogP contribution in [0.5, 0.6) is 5.75 Å². The third-order valence-electron chi connectivity index (χ3n) is 7.33. The van der Waals surface area contributed by atoms with Gasteiger partial charge in [-0.25, -0.2) is 0 Å². The summed E-state index contributed by atoms with van der Waals surface area (Å²) < 4.78 is 0. The van der Waals surface area contributed by atoms with Gasteiger partial charge in [0.1, 0.15) is 5.75 Å². The van der Waals surface area contributed by atoms with E-state index in [1.807, 2.05) is 0 Å². The predicted octanol–water partition coefficient (Wildman–Crippen LogP) is 7.54. The van der Waals surface area contributed by atoms with Crippen molar-refractivity contribution in [2.24, 2.45) is 0 Å². The summed E-state index contributed by atoms with van der Waals surface area (Å²) in [7, 11) is 0. The molecule has 0 radical (unpaired) electrons. The van der Waals surface area contributed by atoms with Crippen LogP contribution < -0.4 is 0 Å². The third kappa shape index (κ3) is 3.91. The molecule has 0 amide bonds. The Morgan fingerprint density at radius 3 is 1.28 bits per heavy atom. The van der Waals surface area contributed by atoms with E-state index in [-0.39, 0.29) is 0 Å². The molecule has 0 aromatic heterocycles. The zero-order chi connectivity index (χ0) is 17.1. The summed E-state index contributed by atoms with van der Waals surface area (Å²) in [5.74, 6) is 2.73. The molecule has 0 saturated heterocycles. The summed E-state index contributed by atoms with van der Waals surface area (Å²) in [5.41, 5.74) is 4.84. The summed E-state index contributed by atoms with van der Waals surface area (Å²) in [5, 5.41) is 10.6. The molecule has 1 nitrogen and oxygen atoms in total. The van der Waals surface area contributed by atoms with Crippen molar-refractivity contribution in [3.05, 3.63) is 28.8 Å². The number of phenolic OH excluding ortho intramolecular Hbond substituents is 1. The highest BCUT2D eigenvalue weighted by Gasteiger charge is 2.30. The van der Waals surface area contributed by atoms with Crippen LogP contribution in [0.25, 0.3) is 0 Å². The Kier molecular flexibility index (Phi) is 5.68. The third-order valence-corrected chi connectivity index (χ3v) is 7.33. The Morgan fingerprint density at radius 1 is 0.520 bits per heavy atom. The number of hydrogen-bond donors (Lipinski definition) is 1. The highest BCUT2D eigenvalue weighted by atomic mass is 16.3. The Hall–Kier alpha value is -0.980. The molecule has 3 fully saturated rings. The molecule has 0 aliphatic heterocycles. The second-order valence-electron chi connectivity index (χ2n) is 9.04. The summed E-state index contributed by atoms with van der Waals surface area (Å²) in [6, 6.07) is 4.35.